The average molecular weight is 688 g/mol. The van der Waals surface area contributed by atoms with Crippen LogP contribution < -0.4 is 16.4 Å². The van der Waals surface area contributed by atoms with Crippen LogP contribution in [0, 0.1) is 5.82 Å². The van der Waals surface area contributed by atoms with Gasteiger partial charge in [0.15, 0.2) is 11.0 Å². The molecule has 0 unspecified atom stereocenters. The van der Waals surface area contributed by atoms with Crippen molar-refractivity contribution in [1.82, 2.24) is 30.4 Å². The summed E-state index contributed by atoms with van der Waals surface area (Å²) in [5, 5.41) is 14.4. The largest absolute Gasteiger partial charge is 0.443 e. The first-order valence-corrected chi connectivity index (χ1v) is 16.4. The van der Waals surface area contributed by atoms with Gasteiger partial charge in [-0.05, 0) is 67.8 Å². The molecule has 0 radical (unpaired) electrons. The number of nitrogens with two attached hydrogens (primary N) is 1. The van der Waals surface area contributed by atoms with Gasteiger partial charge in [0, 0.05) is 18.5 Å². The number of hydrogen-bond donors (Lipinski definition) is 3. The molecule has 4 rings (SSSR count). The summed E-state index contributed by atoms with van der Waals surface area (Å²) < 4.78 is 61.1. The van der Waals surface area contributed by atoms with Crippen LogP contribution in [0.15, 0.2) is 72.0 Å². The Morgan fingerprint density at radius 2 is 1.71 bits per heavy atom. The maximum absolute atomic E-state index is 13.6. The number of alkyl halides is 3. The van der Waals surface area contributed by atoms with Gasteiger partial charge in [0.25, 0.3) is 5.91 Å². The molecule has 256 valence electrons. The van der Waals surface area contributed by atoms with Gasteiger partial charge in [-0.1, -0.05) is 54.9 Å². The SMILES string of the molecule is C[C@H](NC(=O)c1ccccc1C(F)(F)F)c1nnc(SCc2ccc(F)cc2)n1Cc1ccc(COC(=O)NCCCCCCN)nc1. The first-order chi connectivity index (χ1) is 23.0. The lowest BCUT2D eigenvalue weighted by Gasteiger charge is -2.18. The van der Waals surface area contributed by atoms with Crippen LogP contribution in [0.2, 0.25) is 0 Å². The van der Waals surface area contributed by atoms with Gasteiger partial charge in [0.2, 0.25) is 0 Å². The van der Waals surface area contributed by atoms with E-state index in [1.807, 2.05) is 0 Å². The van der Waals surface area contributed by atoms with E-state index in [-0.39, 0.29) is 19.0 Å². The van der Waals surface area contributed by atoms with Gasteiger partial charge in [-0.15, -0.1) is 10.2 Å². The van der Waals surface area contributed by atoms with Crippen LogP contribution in [0.25, 0.3) is 0 Å². The summed E-state index contributed by atoms with van der Waals surface area (Å²) in [5.41, 5.74) is 6.02. The molecular weight excluding hydrogens is 650 g/mol. The van der Waals surface area contributed by atoms with E-state index in [1.165, 1.54) is 36.0 Å². The number of carbonyl (C=O) groups is 2. The van der Waals surface area contributed by atoms with Crippen molar-refractivity contribution in [2.24, 2.45) is 5.73 Å². The van der Waals surface area contributed by atoms with Gasteiger partial charge in [-0.2, -0.15) is 13.2 Å². The lowest BCUT2D eigenvalue weighted by molar-refractivity contribution is -0.137. The van der Waals surface area contributed by atoms with E-state index in [0.29, 0.717) is 35.5 Å². The predicted molar refractivity (Wildman–Crippen MR) is 172 cm³/mol. The number of thioether (sulfide) groups is 1. The van der Waals surface area contributed by atoms with Crippen molar-refractivity contribution in [3.8, 4) is 0 Å². The first-order valence-electron chi connectivity index (χ1n) is 15.4. The average Bonchev–Trinajstić information content (AvgIpc) is 3.47. The number of alkyl carbamates (subject to hydrolysis) is 1. The smallest absolute Gasteiger partial charge is 0.417 e. The van der Waals surface area contributed by atoms with E-state index in [1.54, 1.807) is 42.0 Å². The molecule has 1 atom stereocenters. The van der Waals surface area contributed by atoms with Gasteiger partial charge in [-0.3, -0.25) is 14.3 Å². The normalized spacial score (nSPS) is 12.0. The first kappa shape index (κ1) is 36.3. The molecule has 48 heavy (non-hydrogen) atoms. The molecule has 0 saturated carbocycles. The second-order valence-corrected chi connectivity index (χ2v) is 11.9. The van der Waals surface area contributed by atoms with E-state index < -0.39 is 35.3 Å². The molecule has 2 aromatic carbocycles. The highest BCUT2D eigenvalue weighted by Gasteiger charge is 2.35. The lowest BCUT2D eigenvalue weighted by Crippen LogP contribution is -2.30. The third-order valence-electron chi connectivity index (χ3n) is 7.22. The fourth-order valence-corrected chi connectivity index (χ4v) is 5.59. The van der Waals surface area contributed by atoms with Crippen LogP contribution in [0.1, 0.15) is 77.2 Å². The van der Waals surface area contributed by atoms with Gasteiger partial charge in [0.05, 0.1) is 29.4 Å². The number of unbranched alkanes of at least 4 members (excludes halogenated alkanes) is 3. The van der Waals surface area contributed by atoms with Crippen molar-refractivity contribution >= 4 is 23.8 Å². The van der Waals surface area contributed by atoms with Crippen LogP contribution in [0.5, 0.6) is 0 Å². The number of amides is 2. The summed E-state index contributed by atoms with van der Waals surface area (Å²) in [6.45, 7) is 2.95. The molecule has 2 aromatic heterocycles. The zero-order chi connectivity index (χ0) is 34.5. The number of aromatic nitrogens is 4. The van der Waals surface area contributed by atoms with E-state index in [0.717, 1.165) is 48.9 Å². The molecule has 0 aliphatic heterocycles. The van der Waals surface area contributed by atoms with Crippen molar-refractivity contribution < 1.29 is 31.9 Å². The minimum atomic E-state index is -4.71. The second-order valence-electron chi connectivity index (χ2n) is 10.9. The fourth-order valence-electron chi connectivity index (χ4n) is 4.69. The topological polar surface area (TPSA) is 137 Å². The Labute approximate surface area is 279 Å². The summed E-state index contributed by atoms with van der Waals surface area (Å²) in [6.07, 6.45) is 0.133. The number of hydrogen-bond acceptors (Lipinski definition) is 8. The van der Waals surface area contributed by atoms with E-state index in [4.69, 9.17) is 10.5 Å². The molecule has 0 bridgehead atoms. The molecule has 0 saturated heterocycles. The highest BCUT2D eigenvalue weighted by molar-refractivity contribution is 7.98. The Hall–Kier alpha value is -4.50. The zero-order valence-electron chi connectivity index (χ0n) is 26.3. The quantitative estimate of drug-likeness (QED) is 0.0699. The molecule has 0 spiro atoms. The fraction of sp³-hybridized carbons (Fsp3) is 0.364. The third kappa shape index (κ3) is 10.8. The molecular formula is C33H37F4N7O3S. The Kier molecular flexibility index (Phi) is 13.3. The Balaban J connectivity index is 1.45. The molecule has 2 amide bonds. The summed E-state index contributed by atoms with van der Waals surface area (Å²) in [7, 11) is 0. The number of ether oxygens (including phenoxy) is 1. The van der Waals surface area contributed by atoms with E-state index in [2.05, 4.69) is 25.8 Å². The van der Waals surface area contributed by atoms with Gasteiger partial charge >= 0.3 is 12.3 Å². The monoisotopic (exact) mass is 687 g/mol. The standard InChI is InChI=1S/C33H37F4N7O3S/c1-22(41-30(45)27-8-4-5-9-28(27)33(35,36)37)29-42-43-31(48-21-23-10-13-25(34)14-11-23)44(29)19-24-12-15-26(40-18-24)20-47-32(46)39-17-7-3-2-6-16-38/h4-5,8-15,18,22H,2-3,6-7,16-17,19-21,38H2,1H3,(H,39,46)(H,41,45)/t22-/m0/s1. The molecule has 2 heterocycles. The molecule has 15 heteroatoms. The molecule has 4 aromatic rings. The number of benzene rings is 2. The van der Waals surface area contributed by atoms with Crippen molar-refractivity contribution in [2.75, 3.05) is 13.1 Å². The number of rotatable bonds is 16. The minimum Gasteiger partial charge on any atom is -0.443 e. The maximum Gasteiger partial charge on any atom is 0.417 e. The number of nitrogens with one attached hydrogen (secondary N) is 2. The van der Waals surface area contributed by atoms with Crippen LogP contribution >= 0.6 is 11.8 Å². The molecule has 0 aliphatic rings. The summed E-state index contributed by atoms with van der Waals surface area (Å²) >= 11 is 1.33. The molecule has 0 aliphatic carbocycles. The summed E-state index contributed by atoms with van der Waals surface area (Å²) in [6, 6.07) is 13.2. The van der Waals surface area contributed by atoms with Crippen LogP contribution in [-0.2, 0) is 29.8 Å². The Morgan fingerprint density at radius 3 is 2.42 bits per heavy atom. The molecule has 10 nitrogen and oxygen atoms in total. The maximum atomic E-state index is 13.6. The van der Waals surface area contributed by atoms with Crippen molar-refractivity contribution in [3.63, 3.8) is 0 Å². The highest BCUT2D eigenvalue weighted by Crippen LogP contribution is 2.32. The number of carbonyl (C=O) groups excluding carboxylic acids is 2. The van der Waals surface area contributed by atoms with Gasteiger partial charge in [-0.25, -0.2) is 9.18 Å². The van der Waals surface area contributed by atoms with Crippen LogP contribution in [0.4, 0.5) is 22.4 Å². The highest BCUT2D eigenvalue weighted by atomic mass is 32.2. The summed E-state index contributed by atoms with van der Waals surface area (Å²) in [5.74, 6) is -0.529. The van der Waals surface area contributed by atoms with Crippen LogP contribution in [-0.4, -0.2) is 44.8 Å². The van der Waals surface area contributed by atoms with Crippen LogP contribution in [0.3, 0.4) is 0 Å². The zero-order valence-corrected chi connectivity index (χ0v) is 27.1. The van der Waals surface area contributed by atoms with Gasteiger partial charge in [0.1, 0.15) is 12.4 Å². The third-order valence-corrected chi connectivity index (χ3v) is 8.25. The Morgan fingerprint density at radius 1 is 0.979 bits per heavy atom. The Bertz CT molecular complexity index is 1630. The van der Waals surface area contributed by atoms with Crippen molar-refractivity contribution in [1.29, 1.82) is 0 Å². The van der Waals surface area contributed by atoms with Crippen molar-refractivity contribution in [3.05, 3.63) is 106 Å². The minimum absolute atomic E-state index is 0.0294. The number of halogens is 4. The molecule has 0 fully saturated rings. The van der Waals surface area contributed by atoms with E-state index >= 15 is 0 Å². The second kappa shape index (κ2) is 17.6. The lowest BCUT2D eigenvalue weighted by atomic mass is 10.1. The van der Waals surface area contributed by atoms with Gasteiger partial charge < -0.3 is 21.1 Å². The predicted octanol–water partition coefficient (Wildman–Crippen LogP) is 6.41. The van der Waals surface area contributed by atoms with E-state index in [9.17, 15) is 27.2 Å². The summed E-state index contributed by atoms with van der Waals surface area (Å²) in [4.78, 5) is 29.4. The molecule has 4 N–H and O–H groups in total. The number of pyridine rings is 1. The van der Waals surface area contributed by atoms with Crippen molar-refractivity contribution in [2.45, 2.75) is 68.9 Å². The number of nitrogens with zero attached hydrogens (tertiary/aromatic N) is 4.